The van der Waals surface area contributed by atoms with Gasteiger partial charge in [0, 0.05) is 25.5 Å². The number of benzene rings is 1. The summed E-state index contributed by atoms with van der Waals surface area (Å²) in [5.41, 5.74) is 3.01. The Morgan fingerprint density at radius 1 is 1.05 bits per heavy atom. The van der Waals surface area contributed by atoms with Crippen molar-refractivity contribution in [1.29, 1.82) is 0 Å². The second kappa shape index (κ2) is 6.89. The zero-order valence-electron chi connectivity index (χ0n) is 12.6. The van der Waals surface area contributed by atoms with Crippen molar-refractivity contribution in [3.63, 3.8) is 0 Å². The quantitative estimate of drug-likeness (QED) is 0.481. The number of aryl methyl sites for hydroxylation is 1. The highest BCUT2D eigenvalue weighted by atomic mass is 16.5. The normalized spacial score (nSPS) is 9.85. The molecule has 0 aliphatic heterocycles. The molecule has 0 unspecified atom stereocenters. The molecule has 20 heavy (non-hydrogen) atoms. The first-order chi connectivity index (χ1) is 9.29. The highest BCUT2D eigenvalue weighted by Gasteiger charge is 2.12. The number of allylic oxidation sites excluding steroid dienone is 2. The Bertz CT molecular complexity index is 552. The Hall–Kier alpha value is -2.10. The molecule has 1 aromatic rings. The SMILES string of the molecule is CC(=O)Oc1cc(C)c(CC=C(C)C)c(OC(C)=O)c1. The van der Waals surface area contributed by atoms with E-state index < -0.39 is 11.9 Å². The minimum absolute atomic E-state index is 0.382. The van der Waals surface area contributed by atoms with E-state index in [2.05, 4.69) is 6.08 Å². The summed E-state index contributed by atoms with van der Waals surface area (Å²) < 4.78 is 10.3. The van der Waals surface area contributed by atoms with Gasteiger partial charge in [0.25, 0.3) is 0 Å². The first-order valence-corrected chi connectivity index (χ1v) is 6.43. The van der Waals surface area contributed by atoms with E-state index in [1.54, 1.807) is 12.1 Å². The summed E-state index contributed by atoms with van der Waals surface area (Å²) in [6, 6.07) is 3.34. The maximum Gasteiger partial charge on any atom is 0.308 e. The van der Waals surface area contributed by atoms with Crippen molar-refractivity contribution in [2.45, 2.75) is 41.0 Å². The predicted molar refractivity (Wildman–Crippen MR) is 76.9 cm³/mol. The molecule has 0 fully saturated rings. The zero-order chi connectivity index (χ0) is 15.3. The molecule has 0 atom stereocenters. The standard InChI is InChI=1S/C16H20O4/c1-10(2)6-7-15-11(3)8-14(19-12(4)17)9-16(15)20-13(5)18/h6,8-9H,7H2,1-5H3. The van der Waals surface area contributed by atoms with Crippen LogP contribution in [0.25, 0.3) is 0 Å². The van der Waals surface area contributed by atoms with Crippen LogP contribution in [0.1, 0.15) is 38.8 Å². The molecule has 0 N–H and O–H groups in total. The summed E-state index contributed by atoms with van der Waals surface area (Å²) in [5, 5.41) is 0. The lowest BCUT2D eigenvalue weighted by atomic mass is 10.0. The van der Waals surface area contributed by atoms with Crippen LogP contribution in [-0.2, 0) is 16.0 Å². The van der Waals surface area contributed by atoms with E-state index in [1.165, 1.54) is 19.4 Å². The fourth-order valence-corrected chi connectivity index (χ4v) is 1.79. The molecule has 0 amide bonds. The molecule has 0 spiro atoms. The van der Waals surface area contributed by atoms with Crippen LogP contribution in [0.15, 0.2) is 23.8 Å². The topological polar surface area (TPSA) is 52.6 Å². The predicted octanol–water partition coefficient (Wildman–Crippen LogP) is 3.35. The summed E-state index contributed by atoms with van der Waals surface area (Å²) in [6.45, 7) is 8.59. The molecule has 0 saturated carbocycles. The highest BCUT2D eigenvalue weighted by Crippen LogP contribution is 2.30. The molecular formula is C16H20O4. The summed E-state index contributed by atoms with van der Waals surface area (Å²) in [7, 11) is 0. The lowest BCUT2D eigenvalue weighted by Gasteiger charge is -2.13. The van der Waals surface area contributed by atoms with Crippen LogP contribution in [0.3, 0.4) is 0 Å². The van der Waals surface area contributed by atoms with Crippen LogP contribution in [0, 0.1) is 6.92 Å². The average Bonchev–Trinajstić information content (AvgIpc) is 2.25. The summed E-state index contributed by atoms with van der Waals surface area (Å²) in [5.74, 6) is 0.0106. The summed E-state index contributed by atoms with van der Waals surface area (Å²) >= 11 is 0. The first kappa shape index (κ1) is 16.0. The van der Waals surface area contributed by atoms with Gasteiger partial charge in [-0.1, -0.05) is 11.6 Å². The fraction of sp³-hybridized carbons (Fsp3) is 0.375. The minimum atomic E-state index is -0.407. The third-order valence-corrected chi connectivity index (χ3v) is 2.64. The molecule has 1 aromatic carbocycles. The Balaban J connectivity index is 3.22. The molecule has 1 rings (SSSR count). The fourth-order valence-electron chi connectivity index (χ4n) is 1.79. The Morgan fingerprint density at radius 2 is 1.65 bits per heavy atom. The smallest absolute Gasteiger partial charge is 0.308 e. The van der Waals surface area contributed by atoms with Gasteiger partial charge in [-0.15, -0.1) is 0 Å². The van der Waals surface area contributed by atoms with Crippen molar-refractivity contribution in [3.8, 4) is 11.5 Å². The molecule has 0 saturated heterocycles. The largest absolute Gasteiger partial charge is 0.427 e. The van der Waals surface area contributed by atoms with Crippen LogP contribution in [0.5, 0.6) is 11.5 Å². The van der Waals surface area contributed by atoms with Crippen LogP contribution < -0.4 is 9.47 Å². The van der Waals surface area contributed by atoms with Crippen LogP contribution in [0.4, 0.5) is 0 Å². The van der Waals surface area contributed by atoms with Crippen molar-refractivity contribution in [1.82, 2.24) is 0 Å². The Morgan fingerprint density at radius 3 is 2.15 bits per heavy atom. The summed E-state index contributed by atoms with van der Waals surface area (Å²) in [4.78, 5) is 22.2. The van der Waals surface area contributed by atoms with Gasteiger partial charge >= 0.3 is 11.9 Å². The lowest BCUT2D eigenvalue weighted by molar-refractivity contribution is -0.132. The van der Waals surface area contributed by atoms with Gasteiger partial charge in [0.1, 0.15) is 11.5 Å². The van der Waals surface area contributed by atoms with E-state index in [9.17, 15) is 9.59 Å². The molecule has 0 bridgehead atoms. The zero-order valence-corrected chi connectivity index (χ0v) is 12.6. The number of carbonyl (C=O) groups is 2. The van der Waals surface area contributed by atoms with Gasteiger partial charge in [0.05, 0.1) is 0 Å². The number of esters is 2. The molecule has 108 valence electrons. The van der Waals surface area contributed by atoms with E-state index in [1.807, 2.05) is 20.8 Å². The first-order valence-electron chi connectivity index (χ1n) is 6.43. The maximum absolute atomic E-state index is 11.2. The van der Waals surface area contributed by atoms with Gasteiger partial charge in [-0.05, 0) is 38.8 Å². The molecule has 0 heterocycles. The van der Waals surface area contributed by atoms with Crippen molar-refractivity contribution >= 4 is 11.9 Å². The number of rotatable bonds is 4. The van der Waals surface area contributed by atoms with Crippen LogP contribution in [0.2, 0.25) is 0 Å². The van der Waals surface area contributed by atoms with Crippen molar-refractivity contribution in [2.24, 2.45) is 0 Å². The monoisotopic (exact) mass is 276 g/mol. The summed E-state index contributed by atoms with van der Waals surface area (Å²) in [6.07, 6.45) is 2.72. The number of hydrogen-bond donors (Lipinski definition) is 0. The van der Waals surface area contributed by atoms with Crippen molar-refractivity contribution in [3.05, 3.63) is 34.9 Å². The molecular weight excluding hydrogens is 256 g/mol. The lowest BCUT2D eigenvalue weighted by Crippen LogP contribution is -2.07. The molecule has 0 aliphatic rings. The molecule has 0 aliphatic carbocycles. The molecule has 0 aromatic heterocycles. The van der Waals surface area contributed by atoms with Gasteiger partial charge in [-0.25, -0.2) is 0 Å². The van der Waals surface area contributed by atoms with Gasteiger partial charge in [-0.2, -0.15) is 0 Å². The second-order valence-electron chi connectivity index (χ2n) is 4.89. The van der Waals surface area contributed by atoms with Gasteiger partial charge < -0.3 is 9.47 Å². The van der Waals surface area contributed by atoms with Gasteiger partial charge in [0.15, 0.2) is 0 Å². The number of hydrogen-bond acceptors (Lipinski definition) is 4. The van der Waals surface area contributed by atoms with Gasteiger partial charge in [0.2, 0.25) is 0 Å². The number of ether oxygens (including phenoxy) is 2. The van der Waals surface area contributed by atoms with Crippen LogP contribution >= 0.6 is 0 Å². The third kappa shape index (κ3) is 4.88. The third-order valence-electron chi connectivity index (χ3n) is 2.64. The Kier molecular flexibility index (Phi) is 5.50. The Labute approximate surface area is 119 Å². The second-order valence-corrected chi connectivity index (χ2v) is 4.89. The minimum Gasteiger partial charge on any atom is -0.427 e. The average molecular weight is 276 g/mol. The van der Waals surface area contributed by atoms with Gasteiger partial charge in [-0.3, -0.25) is 9.59 Å². The molecule has 0 radical (unpaired) electrons. The van der Waals surface area contributed by atoms with E-state index in [0.29, 0.717) is 17.9 Å². The molecule has 4 nitrogen and oxygen atoms in total. The number of carbonyl (C=O) groups excluding carboxylic acids is 2. The van der Waals surface area contributed by atoms with E-state index >= 15 is 0 Å². The molecule has 4 heteroatoms. The van der Waals surface area contributed by atoms with Crippen LogP contribution in [-0.4, -0.2) is 11.9 Å². The highest BCUT2D eigenvalue weighted by molar-refractivity contribution is 5.72. The van der Waals surface area contributed by atoms with E-state index in [4.69, 9.17) is 9.47 Å². The van der Waals surface area contributed by atoms with E-state index in [-0.39, 0.29) is 0 Å². The van der Waals surface area contributed by atoms with Crippen molar-refractivity contribution < 1.29 is 19.1 Å². The van der Waals surface area contributed by atoms with E-state index in [0.717, 1.165) is 11.1 Å². The van der Waals surface area contributed by atoms with Crippen molar-refractivity contribution in [2.75, 3.05) is 0 Å². The maximum atomic E-state index is 11.2.